The SMILES string of the molecule is CC(NC(=O)c1cccc(S(=O)(=O)NC2CCCC2)c1)c1ccc(C(F)(F)F)cc1. The van der Waals surface area contributed by atoms with Crippen molar-refractivity contribution in [2.24, 2.45) is 0 Å². The fraction of sp³-hybridized carbons (Fsp3) is 0.381. The van der Waals surface area contributed by atoms with Gasteiger partial charge >= 0.3 is 6.18 Å². The van der Waals surface area contributed by atoms with E-state index in [-0.39, 0.29) is 16.5 Å². The Morgan fingerprint density at radius 2 is 1.70 bits per heavy atom. The van der Waals surface area contributed by atoms with Crippen LogP contribution in [0, 0.1) is 0 Å². The Labute approximate surface area is 173 Å². The van der Waals surface area contributed by atoms with Gasteiger partial charge in [0.05, 0.1) is 16.5 Å². The van der Waals surface area contributed by atoms with Crippen molar-refractivity contribution in [2.75, 3.05) is 0 Å². The Hall–Kier alpha value is -2.39. The summed E-state index contributed by atoms with van der Waals surface area (Å²) < 4.78 is 65.9. The van der Waals surface area contributed by atoms with Crippen LogP contribution in [0.25, 0.3) is 0 Å². The third-order valence-corrected chi connectivity index (χ3v) is 6.69. The fourth-order valence-electron chi connectivity index (χ4n) is 3.46. The Kier molecular flexibility index (Phi) is 6.52. The number of halogens is 3. The zero-order valence-electron chi connectivity index (χ0n) is 16.4. The molecule has 1 atom stereocenters. The highest BCUT2D eigenvalue weighted by Crippen LogP contribution is 2.30. The van der Waals surface area contributed by atoms with E-state index in [9.17, 15) is 26.4 Å². The summed E-state index contributed by atoms with van der Waals surface area (Å²) in [6.07, 6.45) is -0.869. The van der Waals surface area contributed by atoms with Crippen LogP contribution in [-0.4, -0.2) is 20.4 Å². The number of hydrogen-bond acceptors (Lipinski definition) is 3. The van der Waals surface area contributed by atoms with Crippen molar-refractivity contribution in [1.29, 1.82) is 0 Å². The number of rotatable bonds is 6. The van der Waals surface area contributed by atoms with Crippen LogP contribution >= 0.6 is 0 Å². The van der Waals surface area contributed by atoms with Crippen LogP contribution in [0.2, 0.25) is 0 Å². The van der Waals surface area contributed by atoms with E-state index in [0.717, 1.165) is 37.8 Å². The van der Waals surface area contributed by atoms with E-state index < -0.39 is 33.7 Å². The molecule has 0 spiro atoms. The predicted octanol–water partition coefficient (Wildman–Crippen LogP) is 4.42. The van der Waals surface area contributed by atoms with Gasteiger partial charge in [-0.2, -0.15) is 13.2 Å². The number of benzene rings is 2. The lowest BCUT2D eigenvalue weighted by molar-refractivity contribution is -0.137. The lowest BCUT2D eigenvalue weighted by Crippen LogP contribution is -2.33. The van der Waals surface area contributed by atoms with Gasteiger partial charge in [-0.25, -0.2) is 13.1 Å². The van der Waals surface area contributed by atoms with Gasteiger partial charge in [-0.1, -0.05) is 31.0 Å². The summed E-state index contributed by atoms with van der Waals surface area (Å²) in [5.41, 5.74) is -0.108. The molecule has 0 radical (unpaired) electrons. The second-order valence-corrected chi connectivity index (χ2v) is 9.16. The van der Waals surface area contributed by atoms with E-state index in [4.69, 9.17) is 0 Å². The molecule has 0 heterocycles. The average molecular weight is 440 g/mol. The molecule has 2 aromatic rings. The number of carbonyl (C=O) groups excluding carboxylic acids is 1. The molecule has 9 heteroatoms. The molecule has 0 saturated heterocycles. The van der Waals surface area contributed by atoms with Crippen LogP contribution in [0.3, 0.4) is 0 Å². The molecule has 5 nitrogen and oxygen atoms in total. The molecule has 1 fully saturated rings. The molecule has 162 valence electrons. The molecule has 1 saturated carbocycles. The summed E-state index contributed by atoms with van der Waals surface area (Å²) in [6, 6.07) is 9.58. The van der Waals surface area contributed by atoms with Gasteiger partial charge in [0, 0.05) is 11.6 Å². The molecular formula is C21H23F3N2O3S. The third kappa shape index (κ3) is 5.40. The van der Waals surface area contributed by atoms with Crippen LogP contribution in [0.4, 0.5) is 13.2 Å². The topological polar surface area (TPSA) is 75.3 Å². The van der Waals surface area contributed by atoms with Gasteiger partial charge in [-0.15, -0.1) is 0 Å². The second kappa shape index (κ2) is 8.77. The van der Waals surface area contributed by atoms with Gasteiger partial charge in [0.15, 0.2) is 0 Å². The summed E-state index contributed by atoms with van der Waals surface area (Å²) in [5.74, 6) is -0.514. The molecule has 1 aliphatic carbocycles. The van der Waals surface area contributed by atoms with E-state index in [0.29, 0.717) is 5.56 Å². The molecule has 0 aromatic heterocycles. The molecule has 2 aromatic carbocycles. The minimum absolute atomic E-state index is 0.00392. The Morgan fingerprint density at radius 1 is 1.07 bits per heavy atom. The molecule has 3 rings (SSSR count). The maximum atomic E-state index is 12.7. The van der Waals surface area contributed by atoms with Crippen LogP contribution in [0.5, 0.6) is 0 Å². The summed E-state index contributed by atoms with van der Waals surface area (Å²) in [7, 11) is -3.74. The first-order chi connectivity index (χ1) is 14.1. The van der Waals surface area contributed by atoms with E-state index in [2.05, 4.69) is 10.0 Å². The first-order valence-corrected chi connectivity index (χ1v) is 11.1. The van der Waals surface area contributed by atoms with E-state index in [1.165, 1.54) is 36.4 Å². The highest BCUT2D eigenvalue weighted by molar-refractivity contribution is 7.89. The molecule has 30 heavy (non-hydrogen) atoms. The maximum absolute atomic E-state index is 12.7. The van der Waals surface area contributed by atoms with Crippen molar-refractivity contribution in [3.05, 3.63) is 65.2 Å². The van der Waals surface area contributed by atoms with E-state index >= 15 is 0 Å². The lowest BCUT2D eigenvalue weighted by Gasteiger charge is -2.16. The van der Waals surface area contributed by atoms with Crippen molar-refractivity contribution in [2.45, 2.75) is 55.8 Å². The molecular weight excluding hydrogens is 417 g/mol. The predicted molar refractivity (Wildman–Crippen MR) is 106 cm³/mol. The second-order valence-electron chi connectivity index (χ2n) is 7.45. The van der Waals surface area contributed by atoms with Crippen molar-refractivity contribution in [1.82, 2.24) is 10.0 Å². The quantitative estimate of drug-likeness (QED) is 0.698. The molecule has 1 amide bonds. The van der Waals surface area contributed by atoms with Gasteiger partial charge in [0.2, 0.25) is 10.0 Å². The monoisotopic (exact) mass is 440 g/mol. The summed E-state index contributed by atoms with van der Waals surface area (Å²) in [5, 5.41) is 2.69. The van der Waals surface area contributed by atoms with Crippen LogP contribution in [0.1, 0.15) is 60.1 Å². The first-order valence-electron chi connectivity index (χ1n) is 9.67. The van der Waals surface area contributed by atoms with E-state index in [1.807, 2.05) is 0 Å². The highest BCUT2D eigenvalue weighted by atomic mass is 32.2. The summed E-state index contributed by atoms with van der Waals surface area (Å²) >= 11 is 0. The zero-order chi connectivity index (χ0) is 21.9. The van der Waals surface area contributed by atoms with Crippen molar-refractivity contribution < 1.29 is 26.4 Å². The lowest BCUT2D eigenvalue weighted by atomic mass is 10.1. The van der Waals surface area contributed by atoms with Crippen LogP contribution < -0.4 is 10.0 Å². The Morgan fingerprint density at radius 3 is 2.30 bits per heavy atom. The molecule has 2 N–H and O–H groups in total. The third-order valence-electron chi connectivity index (χ3n) is 5.17. The molecule has 0 aliphatic heterocycles. The van der Waals surface area contributed by atoms with Gasteiger partial charge in [0.1, 0.15) is 0 Å². The standard InChI is InChI=1S/C21H23F3N2O3S/c1-14(15-9-11-17(12-10-15)21(22,23)24)25-20(27)16-5-4-8-19(13-16)30(28,29)26-18-6-2-3-7-18/h4-5,8-14,18,26H,2-3,6-7H2,1H3,(H,25,27). The highest BCUT2D eigenvalue weighted by Gasteiger charge is 2.30. The van der Waals surface area contributed by atoms with Gasteiger partial charge in [0.25, 0.3) is 5.91 Å². The first kappa shape index (κ1) is 22.3. The largest absolute Gasteiger partial charge is 0.416 e. The Bertz CT molecular complexity index is 999. The summed E-state index contributed by atoms with van der Waals surface area (Å²) in [6.45, 7) is 1.64. The number of sulfonamides is 1. The van der Waals surface area contributed by atoms with Gasteiger partial charge < -0.3 is 5.32 Å². The van der Waals surface area contributed by atoms with Gasteiger partial charge in [-0.05, 0) is 55.7 Å². The zero-order valence-corrected chi connectivity index (χ0v) is 17.2. The number of alkyl halides is 3. The summed E-state index contributed by atoms with van der Waals surface area (Å²) in [4.78, 5) is 12.6. The van der Waals surface area contributed by atoms with Crippen molar-refractivity contribution in [3.63, 3.8) is 0 Å². The van der Waals surface area contributed by atoms with Crippen molar-refractivity contribution >= 4 is 15.9 Å². The van der Waals surface area contributed by atoms with Crippen molar-refractivity contribution in [3.8, 4) is 0 Å². The number of hydrogen-bond donors (Lipinski definition) is 2. The molecule has 1 aliphatic rings. The number of amides is 1. The smallest absolute Gasteiger partial charge is 0.346 e. The maximum Gasteiger partial charge on any atom is 0.416 e. The average Bonchev–Trinajstić information content (AvgIpc) is 3.19. The van der Waals surface area contributed by atoms with E-state index in [1.54, 1.807) is 6.92 Å². The minimum atomic E-state index is -4.43. The number of nitrogens with one attached hydrogen (secondary N) is 2. The normalized spacial score (nSPS) is 16.4. The van der Waals surface area contributed by atoms with Crippen LogP contribution in [-0.2, 0) is 16.2 Å². The fourth-order valence-corrected chi connectivity index (χ4v) is 4.81. The molecule has 0 bridgehead atoms. The van der Waals surface area contributed by atoms with Crippen LogP contribution in [0.15, 0.2) is 53.4 Å². The minimum Gasteiger partial charge on any atom is -0.346 e. The van der Waals surface area contributed by atoms with Gasteiger partial charge in [-0.3, -0.25) is 4.79 Å². The number of carbonyl (C=O) groups is 1. The molecule has 1 unspecified atom stereocenters. The Balaban J connectivity index is 1.70.